The number of hydrogen-bond acceptors (Lipinski definition) is 3. The van der Waals surface area contributed by atoms with Gasteiger partial charge in [-0.15, -0.1) is 0 Å². The highest BCUT2D eigenvalue weighted by Crippen LogP contribution is 2.37. The number of anilines is 1. The number of carboxylic acid groups (broad SMARTS) is 1. The first-order chi connectivity index (χ1) is 8.44. The van der Waals surface area contributed by atoms with Gasteiger partial charge in [-0.25, -0.2) is 0 Å². The van der Waals surface area contributed by atoms with Crippen molar-refractivity contribution < 1.29 is 14.6 Å². The van der Waals surface area contributed by atoms with Gasteiger partial charge in [0, 0.05) is 23.8 Å². The van der Waals surface area contributed by atoms with E-state index in [2.05, 4.69) is 18.7 Å². The molecule has 98 valence electrons. The van der Waals surface area contributed by atoms with Crippen LogP contribution in [0.1, 0.15) is 20.3 Å². The SMILES string of the molecule is COc1cccc(N2CC(C(=O)O)CC2(C)C)c1. The second kappa shape index (κ2) is 4.52. The molecular weight excluding hydrogens is 230 g/mol. The first kappa shape index (κ1) is 12.7. The van der Waals surface area contributed by atoms with E-state index in [4.69, 9.17) is 9.84 Å². The van der Waals surface area contributed by atoms with E-state index in [0.29, 0.717) is 13.0 Å². The normalized spacial score (nSPS) is 21.9. The molecule has 0 radical (unpaired) electrons. The van der Waals surface area contributed by atoms with Crippen LogP contribution in [-0.2, 0) is 4.79 Å². The van der Waals surface area contributed by atoms with Crippen LogP contribution in [-0.4, -0.2) is 30.3 Å². The second-order valence-corrected chi connectivity index (χ2v) is 5.36. The van der Waals surface area contributed by atoms with Crippen molar-refractivity contribution in [3.63, 3.8) is 0 Å². The summed E-state index contributed by atoms with van der Waals surface area (Å²) >= 11 is 0. The molecule has 1 aromatic carbocycles. The molecule has 2 rings (SSSR count). The lowest BCUT2D eigenvalue weighted by molar-refractivity contribution is -0.141. The maximum absolute atomic E-state index is 11.1. The summed E-state index contributed by atoms with van der Waals surface area (Å²) in [7, 11) is 1.63. The summed E-state index contributed by atoms with van der Waals surface area (Å²) in [5.74, 6) is -0.221. The third kappa shape index (κ3) is 2.28. The minimum absolute atomic E-state index is 0.143. The van der Waals surface area contributed by atoms with E-state index < -0.39 is 5.97 Å². The second-order valence-electron chi connectivity index (χ2n) is 5.36. The molecule has 0 amide bonds. The number of hydrogen-bond donors (Lipinski definition) is 1. The van der Waals surface area contributed by atoms with Crippen LogP contribution < -0.4 is 9.64 Å². The predicted octanol–water partition coefficient (Wildman–Crippen LogP) is 2.38. The smallest absolute Gasteiger partial charge is 0.308 e. The summed E-state index contributed by atoms with van der Waals surface area (Å²) in [5, 5.41) is 9.16. The van der Waals surface area contributed by atoms with Gasteiger partial charge in [-0.1, -0.05) is 6.07 Å². The molecule has 0 saturated carbocycles. The molecule has 1 aliphatic rings. The summed E-state index contributed by atoms with van der Waals surface area (Å²) in [5.41, 5.74) is 0.873. The number of carboxylic acids is 1. The molecule has 4 nitrogen and oxygen atoms in total. The molecule has 1 N–H and O–H groups in total. The lowest BCUT2D eigenvalue weighted by Crippen LogP contribution is -2.38. The van der Waals surface area contributed by atoms with Gasteiger partial charge in [-0.3, -0.25) is 4.79 Å². The Labute approximate surface area is 107 Å². The van der Waals surface area contributed by atoms with Crippen LogP contribution in [0.15, 0.2) is 24.3 Å². The van der Waals surface area contributed by atoms with Gasteiger partial charge in [-0.2, -0.15) is 0 Å². The van der Waals surface area contributed by atoms with Crippen molar-refractivity contribution in [3.05, 3.63) is 24.3 Å². The minimum Gasteiger partial charge on any atom is -0.497 e. The van der Waals surface area contributed by atoms with E-state index in [1.807, 2.05) is 24.3 Å². The number of ether oxygens (including phenoxy) is 1. The average molecular weight is 249 g/mol. The Balaban J connectivity index is 2.29. The topological polar surface area (TPSA) is 49.8 Å². The highest BCUT2D eigenvalue weighted by atomic mass is 16.5. The molecule has 1 aliphatic heterocycles. The Morgan fingerprint density at radius 1 is 1.50 bits per heavy atom. The molecule has 1 saturated heterocycles. The molecule has 1 heterocycles. The van der Waals surface area contributed by atoms with Crippen LogP contribution in [0, 0.1) is 5.92 Å². The molecule has 18 heavy (non-hydrogen) atoms. The number of carbonyl (C=O) groups is 1. The first-order valence-electron chi connectivity index (χ1n) is 6.08. The van der Waals surface area contributed by atoms with Crippen molar-refractivity contribution >= 4 is 11.7 Å². The molecule has 0 spiro atoms. The van der Waals surface area contributed by atoms with Crippen molar-refractivity contribution in [2.45, 2.75) is 25.8 Å². The largest absolute Gasteiger partial charge is 0.497 e. The van der Waals surface area contributed by atoms with E-state index in [1.165, 1.54) is 0 Å². The van der Waals surface area contributed by atoms with E-state index in [9.17, 15) is 4.79 Å². The zero-order chi connectivity index (χ0) is 13.3. The third-order valence-electron chi connectivity index (χ3n) is 3.59. The van der Waals surface area contributed by atoms with Gasteiger partial charge in [0.15, 0.2) is 0 Å². The Kier molecular flexibility index (Phi) is 3.20. The maximum atomic E-state index is 11.1. The van der Waals surface area contributed by atoms with Gasteiger partial charge in [0.25, 0.3) is 0 Å². The number of methoxy groups -OCH3 is 1. The van der Waals surface area contributed by atoms with E-state index in [-0.39, 0.29) is 11.5 Å². The first-order valence-corrected chi connectivity index (χ1v) is 6.08. The van der Waals surface area contributed by atoms with Crippen molar-refractivity contribution in [1.29, 1.82) is 0 Å². The van der Waals surface area contributed by atoms with E-state index in [0.717, 1.165) is 11.4 Å². The zero-order valence-corrected chi connectivity index (χ0v) is 11.0. The monoisotopic (exact) mass is 249 g/mol. The Hall–Kier alpha value is -1.71. The Morgan fingerprint density at radius 2 is 2.22 bits per heavy atom. The quantitative estimate of drug-likeness (QED) is 0.893. The van der Waals surface area contributed by atoms with Crippen LogP contribution >= 0.6 is 0 Å². The molecule has 1 fully saturated rings. The Morgan fingerprint density at radius 3 is 2.78 bits per heavy atom. The molecule has 0 bridgehead atoms. The summed E-state index contributed by atoms with van der Waals surface area (Å²) in [6.45, 7) is 4.71. The van der Waals surface area contributed by atoms with E-state index in [1.54, 1.807) is 7.11 Å². The fourth-order valence-corrected chi connectivity index (χ4v) is 2.64. The lowest BCUT2D eigenvalue weighted by Gasteiger charge is -2.33. The van der Waals surface area contributed by atoms with Crippen LogP contribution in [0.5, 0.6) is 5.75 Å². The third-order valence-corrected chi connectivity index (χ3v) is 3.59. The van der Waals surface area contributed by atoms with Gasteiger partial charge in [0.2, 0.25) is 0 Å². The molecule has 1 atom stereocenters. The lowest BCUT2D eigenvalue weighted by atomic mass is 9.96. The van der Waals surface area contributed by atoms with E-state index >= 15 is 0 Å². The molecule has 4 heteroatoms. The highest BCUT2D eigenvalue weighted by Gasteiger charge is 2.41. The van der Waals surface area contributed by atoms with Crippen LogP contribution in [0.2, 0.25) is 0 Å². The molecule has 0 aromatic heterocycles. The van der Waals surface area contributed by atoms with Gasteiger partial charge in [0.05, 0.1) is 13.0 Å². The minimum atomic E-state index is -0.714. The van der Waals surface area contributed by atoms with Crippen LogP contribution in [0.25, 0.3) is 0 Å². The fraction of sp³-hybridized carbons (Fsp3) is 0.500. The van der Waals surface area contributed by atoms with Crippen LogP contribution in [0.4, 0.5) is 5.69 Å². The predicted molar refractivity (Wildman–Crippen MR) is 70.2 cm³/mol. The summed E-state index contributed by atoms with van der Waals surface area (Å²) in [4.78, 5) is 13.3. The fourth-order valence-electron chi connectivity index (χ4n) is 2.64. The molecule has 0 aliphatic carbocycles. The van der Waals surface area contributed by atoms with Gasteiger partial charge >= 0.3 is 5.97 Å². The Bertz CT molecular complexity index is 456. The van der Waals surface area contributed by atoms with Crippen LogP contribution in [0.3, 0.4) is 0 Å². The standard InChI is InChI=1S/C14H19NO3/c1-14(2)8-10(13(16)17)9-15(14)11-5-4-6-12(7-11)18-3/h4-7,10H,8-9H2,1-3H3,(H,16,17). The number of benzene rings is 1. The number of nitrogens with zero attached hydrogens (tertiary/aromatic N) is 1. The number of rotatable bonds is 3. The van der Waals surface area contributed by atoms with Crippen molar-refractivity contribution in [2.24, 2.45) is 5.92 Å². The van der Waals surface area contributed by atoms with Crippen molar-refractivity contribution in [1.82, 2.24) is 0 Å². The highest BCUT2D eigenvalue weighted by molar-refractivity contribution is 5.73. The van der Waals surface area contributed by atoms with Gasteiger partial charge in [-0.05, 0) is 32.4 Å². The molecule has 1 unspecified atom stereocenters. The van der Waals surface area contributed by atoms with Crippen molar-refractivity contribution in [2.75, 3.05) is 18.6 Å². The molecule has 1 aromatic rings. The average Bonchev–Trinajstić information content (AvgIpc) is 2.65. The van der Waals surface area contributed by atoms with Crippen molar-refractivity contribution in [3.8, 4) is 5.75 Å². The molecular formula is C14H19NO3. The zero-order valence-electron chi connectivity index (χ0n) is 11.0. The number of aliphatic carboxylic acids is 1. The maximum Gasteiger partial charge on any atom is 0.308 e. The summed E-state index contributed by atoms with van der Waals surface area (Å²) in [6.07, 6.45) is 0.666. The summed E-state index contributed by atoms with van der Waals surface area (Å²) < 4.78 is 5.21. The van der Waals surface area contributed by atoms with Gasteiger partial charge < -0.3 is 14.7 Å². The summed E-state index contributed by atoms with van der Waals surface area (Å²) in [6, 6.07) is 7.76. The van der Waals surface area contributed by atoms with Gasteiger partial charge in [0.1, 0.15) is 5.75 Å².